The predicted molar refractivity (Wildman–Crippen MR) is 57.4 cm³/mol. The van der Waals surface area contributed by atoms with E-state index in [1.54, 1.807) is 0 Å². The van der Waals surface area contributed by atoms with Gasteiger partial charge in [-0.1, -0.05) is 6.92 Å². The molecule has 1 aliphatic heterocycles. The molecule has 1 heterocycles. The molecule has 14 heavy (non-hydrogen) atoms. The molecule has 3 atom stereocenters. The highest BCUT2D eigenvalue weighted by Crippen LogP contribution is 2.16. The van der Waals surface area contributed by atoms with E-state index < -0.39 is 0 Å². The Morgan fingerprint density at radius 2 is 2.36 bits per heavy atom. The first-order valence-electron chi connectivity index (χ1n) is 5.75. The first-order chi connectivity index (χ1) is 6.72. The summed E-state index contributed by atoms with van der Waals surface area (Å²) >= 11 is 0. The third-order valence-corrected chi connectivity index (χ3v) is 2.82. The molecule has 1 fully saturated rings. The van der Waals surface area contributed by atoms with Crippen molar-refractivity contribution in [2.45, 2.75) is 57.8 Å². The Hall–Kier alpha value is -0.120. The number of hydrogen-bond donors (Lipinski definition) is 2. The van der Waals surface area contributed by atoms with Crippen LogP contribution in [0.1, 0.15) is 39.5 Å². The van der Waals surface area contributed by atoms with Crippen molar-refractivity contribution in [1.82, 2.24) is 5.32 Å². The molecule has 84 valence electrons. The SMILES string of the molecule is CCC1CC(NCCC(C)O)CCO1. The Morgan fingerprint density at radius 1 is 1.57 bits per heavy atom. The second-order valence-electron chi connectivity index (χ2n) is 4.21. The summed E-state index contributed by atoms with van der Waals surface area (Å²) in [5.41, 5.74) is 0. The van der Waals surface area contributed by atoms with Crippen molar-refractivity contribution in [2.24, 2.45) is 0 Å². The number of nitrogens with one attached hydrogen (secondary N) is 1. The fourth-order valence-corrected chi connectivity index (χ4v) is 1.85. The van der Waals surface area contributed by atoms with Gasteiger partial charge in [-0.25, -0.2) is 0 Å². The highest BCUT2D eigenvalue weighted by Gasteiger charge is 2.20. The Morgan fingerprint density at radius 3 is 3.00 bits per heavy atom. The number of hydrogen-bond acceptors (Lipinski definition) is 3. The maximum Gasteiger partial charge on any atom is 0.0587 e. The minimum atomic E-state index is -0.190. The molecule has 2 N–H and O–H groups in total. The summed E-state index contributed by atoms with van der Waals surface area (Å²) < 4.78 is 5.60. The fraction of sp³-hybridized carbons (Fsp3) is 1.00. The molecule has 0 aromatic carbocycles. The maximum absolute atomic E-state index is 9.12. The standard InChI is InChI=1S/C11H23NO2/c1-3-11-8-10(5-7-14-11)12-6-4-9(2)13/h9-13H,3-8H2,1-2H3. The van der Waals surface area contributed by atoms with Crippen molar-refractivity contribution in [3.63, 3.8) is 0 Å². The lowest BCUT2D eigenvalue weighted by Gasteiger charge is -2.29. The molecule has 0 aliphatic carbocycles. The highest BCUT2D eigenvalue weighted by atomic mass is 16.5. The summed E-state index contributed by atoms with van der Waals surface area (Å²) in [5.74, 6) is 0. The predicted octanol–water partition coefficient (Wildman–Crippen LogP) is 1.30. The van der Waals surface area contributed by atoms with Crippen LogP contribution in [0.25, 0.3) is 0 Å². The fourth-order valence-electron chi connectivity index (χ4n) is 1.85. The average molecular weight is 201 g/mol. The van der Waals surface area contributed by atoms with E-state index in [1.165, 1.54) is 0 Å². The van der Waals surface area contributed by atoms with Crippen molar-refractivity contribution in [3.05, 3.63) is 0 Å². The van der Waals surface area contributed by atoms with Crippen molar-refractivity contribution < 1.29 is 9.84 Å². The summed E-state index contributed by atoms with van der Waals surface area (Å²) in [6.45, 7) is 5.80. The Balaban J connectivity index is 2.11. The molecule has 0 aromatic heterocycles. The van der Waals surface area contributed by atoms with Crippen LogP contribution in [0, 0.1) is 0 Å². The van der Waals surface area contributed by atoms with Gasteiger partial charge in [0, 0.05) is 12.6 Å². The molecular weight excluding hydrogens is 178 g/mol. The summed E-state index contributed by atoms with van der Waals surface area (Å²) in [6, 6.07) is 0.590. The monoisotopic (exact) mass is 201 g/mol. The van der Waals surface area contributed by atoms with Gasteiger partial charge in [-0.2, -0.15) is 0 Å². The third kappa shape index (κ3) is 4.40. The van der Waals surface area contributed by atoms with Crippen molar-refractivity contribution in [2.75, 3.05) is 13.2 Å². The quantitative estimate of drug-likeness (QED) is 0.704. The number of ether oxygens (including phenoxy) is 1. The summed E-state index contributed by atoms with van der Waals surface area (Å²) in [4.78, 5) is 0. The molecule has 0 spiro atoms. The molecule has 3 nitrogen and oxygen atoms in total. The topological polar surface area (TPSA) is 41.5 Å². The van der Waals surface area contributed by atoms with Crippen LogP contribution in [-0.4, -0.2) is 36.5 Å². The second-order valence-corrected chi connectivity index (χ2v) is 4.21. The van der Waals surface area contributed by atoms with Crippen molar-refractivity contribution in [1.29, 1.82) is 0 Å². The van der Waals surface area contributed by atoms with Crippen LogP contribution in [0.4, 0.5) is 0 Å². The first-order valence-corrected chi connectivity index (χ1v) is 5.75. The van der Waals surface area contributed by atoms with Crippen LogP contribution in [-0.2, 0) is 4.74 Å². The van der Waals surface area contributed by atoms with Crippen LogP contribution in [0.2, 0.25) is 0 Å². The number of rotatable bonds is 5. The minimum Gasteiger partial charge on any atom is -0.393 e. The second kappa shape index (κ2) is 6.38. The lowest BCUT2D eigenvalue weighted by molar-refractivity contribution is -0.000392. The molecule has 1 aliphatic rings. The van der Waals surface area contributed by atoms with Gasteiger partial charge in [0.25, 0.3) is 0 Å². The number of aliphatic hydroxyl groups is 1. The van der Waals surface area contributed by atoms with Gasteiger partial charge in [0.05, 0.1) is 12.2 Å². The van der Waals surface area contributed by atoms with Crippen LogP contribution in [0.3, 0.4) is 0 Å². The van der Waals surface area contributed by atoms with E-state index in [9.17, 15) is 0 Å². The first kappa shape index (κ1) is 12.0. The summed E-state index contributed by atoms with van der Waals surface area (Å²) in [6.07, 6.45) is 4.42. The lowest BCUT2D eigenvalue weighted by Crippen LogP contribution is -2.39. The molecule has 0 amide bonds. The van der Waals surface area contributed by atoms with E-state index in [-0.39, 0.29) is 6.10 Å². The van der Waals surface area contributed by atoms with Gasteiger partial charge in [-0.05, 0) is 39.2 Å². The zero-order valence-electron chi connectivity index (χ0n) is 9.33. The largest absolute Gasteiger partial charge is 0.393 e. The van der Waals surface area contributed by atoms with Crippen LogP contribution >= 0.6 is 0 Å². The van der Waals surface area contributed by atoms with E-state index >= 15 is 0 Å². The highest BCUT2D eigenvalue weighted by molar-refractivity contribution is 4.76. The van der Waals surface area contributed by atoms with Crippen LogP contribution in [0.5, 0.6) is 0 Å². The van der Waals surface area contributed by atoms with Crippen LogP contribution < -0.4 is 5.32 Å². The molecule has 0 radical (unpaired) electrons. The van der Waals surface area contributed by atoms with E-state index in [1.807, 2.05) is 6.92 Å². The van der Waals surface area contributed by atoms with Gasteiger partial charge < -0.3 is 15.2 Å². The molecule has 3 unspecified atom stereocenters. The van der Waals surface area contributed by atoms with E-state index in [0.29, 0.717) is 12.1 Å². The summed E-state index contributed by atoms with van der Waals surface area (Å²) in [7, 11) is 0. The van der Waals surface area contributed by atoms with E-state index in [2.05, 4.69) is 12.2 Å². The smallest absolute Gasteiger partial charge is 0.0587 e. The Bertz CT molecular complexity index is 150. The van der Waals surface area contributed by atoms with E-state index in [0.717, 1.165) is 38.8 Å². The average Bonchev–Trinajstić information content (AvgIpc) is 2.18. The molecule has 0 aromatic rings. The van der Waals surface area contributed by atoms with Gasteiger partial charge in [0.2, 0.25) is 0 Å². The Labute approximate surface area is 86.8 Å². The van der Waals surface area contributed by atoms with Gasteiger partial charge in [-0.3, -0.25) is 0 Å². The van der Waals surface area contributed by atoms with Crippen LogP contribution in [0.15, 0.2) is 0 Å². The third-order valence-electron chi connectivity index (χ3n) is 2.82. The van der Waals surface area contributed by atoms with Gasteiger partial charge in [0.1, 0.15) is 0 Å². The maximum atomic E-state index is 9.12. The van der Waals surface area contributed by atoms with Gasteiger partial charge in [-0.15, -0.1) is 0 Å². The Kier molecular flexibility index (Phi) is 5.45. The number of aliphatic hydroxyl groups excluding tert-OH is 1. The lowest BCUT2D eigenvalue weighted by atomic mass is 10.0. The molecule has 3 heteroatoms. The van der Waals surface area contributed by atoms with Crippen molar-refractivity contribution >= 4 is 0 Å². The molecular formula is C11H23NO2. The molecule has 0 saturated carbocycles. The molecule has 1 saturated heterocycles. The van der Waals surface area contributed by atoms with Crippen molar-refractivity contribution in [3.8, 4) is 0 Å². The van der Waals surface area contributed by atoms with Gasteiger partial charge in [0.15, 0.2) is 0 Å². The van der Waals surface area contributed by atoms with E-state index in [4.69, 9.17) is 9.84 Å². The summed E-state index contributed by atoms with van der Waals surface area (Å²) in [5, 5.41) is 12.6. The zero-order valence-corrected chi connectivity index (χ0v) is 9.33. The molecule has 1 rings (SSSR count). The molecule has 0 bridgehead atoms. The normalized spacial score (nSPS) is 30.2. The minimum absolute atomic E-state index is 0.190. The van der Waals surface area contributed by atoms with Gasteiger partial charge >= 0.3 is 0 Å². The zero-order chi connectivity index (χ0) is 10.4.